The second-order valence-electron chi connectivity index (χ2n) is 5.01. The van der Waals surface area contributed by atoms with Crippen LogP contribution in [0.25, 0.3) is 15.7 Å². The molecule has 3 rings (SSSR count). The third kappa shape index (κ3) is 2.18. The molecule has 1 aromatic carbocycles. The van der Waals surface area contributed by atoms with Crippen LogP contribution in [-0.2, 0) is 17.8 Å². The normalized spacial score (nSPS) is 13.9. The van der Waals surface area contributed by atoms with Gasteiger partial charge in [0.05, 0.1) is 17.1 Å². The first-order chi connectivity index (χ1) is 10.0. The van der Waals surface area contributed by atoms with Crippen molar-refractivity contribution in [2.45, 2.75) is 19.9 Å². The lowest BCUT2D eigenvalue weighted by Crippen LogP contribution is -2.34. The zero-order chi connectivity index (χ0) is 15.1. The van der Waals surface area contributed by atoms with Gasteiger partial charge >= 0.3 is 0 Å². The van der Waals surface area contributed by atoms with Crippen LogP contribution in [0.5, 0.6) is 5.75 Å². The van der Waals surface area contributed by atoms with E-state index < -0.39 is 0 Å². The second kappa shape index (κ2) is 4.90. The number of aromatic nitrogens is 1. The molecular weight excluding hydrogens is 290 g/mol. The van der Waals surface area contributed by atoms with Crippen molar-refractivity contribution >= 4 is 34.1 Å². The smallest absolute Gasteiger partial charge is 0.228 e. The highest BCUT2D eigenvalue weighted by molar-refractivity contribution is 6.36. The van der Waals surface area contributed by atoms with Crippen LogP contribution in [0.3, 0.4) is 0 Å². The molecule has 0 spiro atoms. The van der Waals surface area contributed by atoms with Crippen LogP contribution in [0.15, 0.2) is 12.1 Å². The van der Waals surface area contributed by atoms with Gasteiger partial charge in [-0.1, -0.05) is 11.6 Å². The van der Waals surface area contributed by atoms with E-state index in [1.165, 1.54) is 13.0 Å². The summed E-state index contributed by atoms with van der Waals surface area (Å²) in [4.78, 5) is 21.0. The van der Waals surface area contributed by atoms with Gasteiger partial charge in [0.2, 0.25) is 11.6 Å². The molecule has 0 saturated carbocycles. The number of aromatic hydroxyl groups is 1. The maximum Gasteiger partial charge on any atom is 0.228 e. The number of pyridine rings is 1. The monoisotopic (exact) mass is 301 g/mol. The summed E-state index contributed by atoms with van der Waals surface area (Å²) in [5.74, 6) is -0.0912. The standard InChI is InChI=1S/C15H12ClN3O2/c1-8(20)19-4-3-11-10(7-19)15(16)9-5-13(17-2)14(21)6-12(9)18-11/h5-6,21H,3-4,7H2,1H3. The van der Waals surface area contributed by atoms with Crippen molar-refractivity contribution in [3.8, 4) is 5.75 Å². The minimum atomic E-state index is -0.0952. The van der Waals surface area contributed by atoms with Gasteiger partial charge in [0.25, 0.3) is 0 Å². The van der Waals surface area contributed by atoms with Gasteiger partial charge in [-0.3, -0.25) is 9.78 Å². The van der Waals surface area contributed by atoms with Crippen LogP contribution in [-0.4, -0.2) is 27.4 Å². The van der Waals surface area contributed by atoms with Crippen molar-refractivity contribution in [3.63, 3.8) is 0 Å². The molecule has 1 aliphatic heterocycles. The molecule has 1 aliphatic rings. The third-order valence-corrected chi connectivity index (χ3v) is 4.16. The predicted octanol–water partition coefficient (Wildman–Crippen LogP) is 3.05. The SMILES string of the molecule is [C-]#[N+]c1cc2c(Cl)c3c(nc2cc1O)CCN(C(C)=O)C3. The molecule has 0 fully saturated rings. The van der Waals surface area contributed by atoms with Crippen molar-refractivity contribution in [1.29, 1.82) is 0 Å². The van der Waals surface area contributed by atoms with E-state index in [9.17, 15) is 9.90 Å². The summed E-state index contributed by atoms with van der Waals surface area (Å²) in [5.41, 5.74) is 2.39. The van der Waals surface area contributed by atoms with Crippen molar-refractivity contribution in [2.75, 3.05) is 6.54 Å². The molecule has 0 aliphatic carbocycles. The van der Waals surface area contributed by atoms with Crippen LogP contribution in [0.4, 0.5) is 5.69 Å². The maximum atomic E-state index is 11.5. The fourth-order valence-corrected chi connectivity index (χ4v) is 2.89. The number of fused-ring (bicyclic) bond motifs is 2. The largest absolute Gasteiger partial charge is 0.519 e. The van der Waals surface area contributed by atoms with Gasteiger partial charge in [0, 0.05) is 43.1 Å². The Bertz CT molecular complexity index is 811. The number of phenols is 1. The first kappa shape index (κ1) is 13.7. The Balaban J connectivity index is 2.22. The Morgan fingerprint density at radius 2 is 2.29 bits per heavy atom. The zero-order valence-electron chi connectivity index (χ0n) is 11.4. The third-order valence-electron chi connectivity index (χ3n) is 3.73. The summed E-state index contributed by atoms with van der Waals surface area (Å²) < 4.78 is 0. The zero-order valence-corrected chi connectivity index (χ0v) is 12.1. The van der Waals surface area contributed by atoms with E-state index in [0.717, 1.165) is 11.3 Å². The molecule has 0 unspecified atom stereocenters. The van der Waals surface area contributed by atoms with Gasteiger partial charge in [-0.15, -0.1) is 0 Å². The lowest BCUT2D eigenvalue weighted by Gasteiger charge is -2.28. The summed E-state index contributed by atoms with van der Waals surface area (Å²) in [7, 11) is 0. The van der Waals surface area contributed by atoms with Crippen molar-refractivity contribution < 1.29 is 9.90 Å². The number of amides is 1. The van der Waals surface area contributed by atoms with Crippen LogP contribution in [0.1, 0.15) is 18.2 Å². The summed E-state index contributed by atoms with van der Waals surface area (Å²) in [5, 5.41) is 10.9. The minimum absolute atomic E-state index is 0.00404. The summed E-state index contributed by atoms with van der Waals surface area (Å²) in [6, 6.07) is 3.01. The molecule has 0 atom stereocenters. The average Bonchev–Trinajstić information content (AvgIpc) is 2.46. The number of nitrogens with zero attached hydrogens (tertiary/aromatic N) is 3. The Kier molecular flexibility index (Phi) is 3.19. The van der Waals surface area contributed by atoms with Crippen molar-refractivity contribution in [3.05, 3.63) is 39.8 Å². The number of carbonyl (C=O) groups excluding carboxylic acids is 1. The molecule has 0 radical (unpaired) electrons. The average molecular weight is 302 g/mol. The molecule has 106 valence electrons. The quantitative estimate of drug-likeness (QED) is 0.761. The molecule has 1 N–H and O–H groups in total. The number of hydrogen-bond acceptors (Lipinski definition) is 3. The predicted molar refractivity (Wildman–Crippen MR) is 79.5 cm³/mol. The Morgan fingerprint density at radius 1 is 1.52 bits per heavy atom. The highest BCUT2D eigenvalue weighted by Crippen LogP contribution is 2.37. The number of phenolic OH excluding ortho intramolecular Hbond substituents is 1. The molecule has 0 saturated heterocycles. The van der Waals surface area contributed by atoms with E-state index in [1.807, 2.05) is 0 Å². The molecule has 6 heteroatoms. The number of rotatable bonds is 0. The van der Waals surface area contributed by atoms with E-state index in [2.05, 4.69) is 9.83 Å². The van der Waals surface area contributed by atoms with E-state index in [1.54, 1.807) is 11.0 Å². The minimum Gasteiger partial charge on any atom is -0.519 e. The number of carbonyl (C=O) groups is 1. The lowest BCUT2D eigenvalue weighted by atomic mass is 10.0. The highest BCUT2D eigenvalue weighted by atomic mass is 35.5. The summed E-state index contributed by atoms with van der Waals surface area (Å²) in [6.07, 6.45) is 0.635. The molecule has 21 heavy (non-hydrogen) atoms. The van der Waals surface area contributed by atoms with Gasteiger partial charge < -0.3 is 10.0 Å². The Morgan fingerprint density at radius 3 is 2.95 bits per heavy atom. The van der Waals surface area contributed by atoms with E-state index in [4.69, 9.17) is 18.2 Å². The van der Waals surface area contributed by atoms with E-state index in [-0.39, 0.29) is 17.3 Å². The molecule has 5 nitrogen and oxygen atoms in total. The van der Waals surface area contributed by atoms with Gasteiger partial charge in [0.1, 0.15) is 5.75 Å². The van der Waals surface area contributed by atoms with Crippen molar-refractivity contribution in [1.82, 2.24) is 9.88 Å². The molecule has 2 heterocycles. The van der Waals surface area contributed by atoms with Gasteiger partial charge in [0.15, 0.2) is 0 Å². The first-order valence-corrected chi connectivity index (χ1v) is 6.86. The topological polar surface area (TPSA) is 57.8 Å². The second-order valence-corrected chi connectivity index (χ2v) is 5.39. The molecule has 2 aromatic rings. The van der Waals surface area contributed by atoms with Crippen LogP contribution in [0.2, 0.25) is 5.02 Å². The van der Waals surface area contributed by atoms with Crippen molar-refractivity contribution in [2.24, 2.45) is 0 Å². The molecule has 1 amide bonds. The molecular formula is C15H12ClN3O2. The fraction of sp³-hybridized carbons (Fsp3) is 0.267. The summed E-state index contributed by atoms with van der Waals surface area (Å²) >= 11 is 6.45. The fourth-order valence-electron chi connectivity index (χ4n) is 2.57. The van der Waals surface area contributed by atoms with Crippen LogP contribution >= 0.6 is 11.6 Å². The lowest BCUT2D eigenvalue weighted by molar-refractivity contribution is -0.129. The van der Waals surface area contributed by atoms with Crippen LogP contribution in [0, 0.1) is 6.57 Å². The molecule has 0 bridgehead atoms. The number of halogens is 1. The summed E-state index contributed by atoms with van der Waals surface area (Å²) in [6.45, 7) is 9.63. The molecule has 1 aromatic heterocycles. The van der Waals surface area contributed by atoms with Gasteiger partial charge in [-0.05, 0) is 12.1 Å². The number of benzene rings is 1. The van der Waals surface area contributed by atoms with Gasteiger partial charge in [-0.2, -0.15) is 0 Å². The maximum absolute atomic E-state index is 11.5. The Labute approximate surface area is 126 Å². The highest BCUT2D eigenvalue weighted by Gasteiger charge is 2.23. The Hall–Kier alpha value is -2.32. The van der Waals surface area contributed by atoms with Crippen LogP contribution < -0.4 is 0 Å². The van der Waals surface area contributed by atoms with E-state index in [0.29, 0.717) is 35.4 Å². The first-order valence-electron chi connectivity index (χ1n) is 6.48. The number of hydrogen-bond donors (Lipinski definition) is 1. The van der Waals surface area contributed by atoms with Gasteiger partial charge in [-0.25, -0.2) is 4.85 Å². The van der Waals surface area contributed by atoms with E-state index >= 15 is 0 Å².